The van der Waals surface area contributed by atoms with Gasteiger partial charge in [0.25, 0.3) is 0 Å². The van der Waals surface area contributed by atoms with Gasteiger partial charge in [0.2, 0.25) is 0 Å². The summed E-state index contributed by atoms with van der Waals surface area (Å²) < 4.78 is 1.61. The van der Waals surface area contributed by atoms with Crippen LogP contribution in [0.15, 0.2) is 60.8 Å². The Morgan fingerprint density at radius 3 is 2.42 bits per heavy atom. The number of aryl methyl sites for hydroxylation is 2. The number of aromatic nitrogens is 3. The normalized spacial score (nSPS) is 10.9. The number of halogens is 2. The second-order valence-corrected chi connectivity index (χ2v) is 8.55. The zero-order valence-electron chi connectivity index (χ0n) is 18.1. The van der Waals surface area contributed by atoms with Gasteiger partial charge in [-0.05, 0) is 73.5 Å². The fourth-order valence-corrected chi connectivity index (χ4v) is 3.83. The third kappa shape index (κ3) is 5.09. The number of carbonyl (C=O) groups excluding carboxylic acids is 1. The molecule has 2 N–H and O–H groups in total. The van der Waals surface area contributed by atoms with E-state index in [9.17, 15) is 4.79 Å². The van der Waals surface area contributed by atoms with E-state index in [4.69, 9.17) is 28.3 Å². The lowest BCUT2D eigenvalue weighted by molar-refractivity contribution is 0.103. The molecule has 0 atom stereocenters. The number of hydrogen-bond acceptors (Lipinski definition) is 5. The molecule has 0 amide bonds. The number of ketones is 1. The molecule has 0 aliphatic carbocycles. The Hall–Kier alpha value is -3.19. The minimum atomic E-state index is -0.0661. The topological polar surface area (TPSA) is 80.0 Å². The Labute approximate surface area is 201 Å². The van der Waals surface area contributed by atoms with Crippen LogP contribution in [0.4, 0.5) is 11.4 Å². The lowest BCUT2D eigenvalue weighted by Crippen LogP contribution is -2.08. The van der Waals surface area contributed by atoms with Crippen molar-refractivity contribution in [1.29, 1.82) is 0 Å². The summed E-state index contributed by atoms with van der Waals surface area (Å²) in [6.45, 7) is 3.82. The SMILES string of the molecule is Cc1cc(Nc2ccc(Cl)c(Cl)c2)ccc1C(=O)c1cc(-n2cc(CCO)nn2)ccc1C. The molecule has 6 nitrogen and oxygen atoms in total. The van der Waals surface area contributed by atoms with E-state index in [-0.39, 0.29) is 12.4 Å². The van der Waals surface area contributed by atoms with Crippen molar-refractivity contribution >= 4 is 40.4 Å². The molecule has 4 aromatic rings. The summed E-state index contributed by atoms with van der Waals surface area (Å²) >= 11 is 12.1. The maximum atomic E-state index is 13.4. The number of carbonyl (C=O) groups is 1. The van der Waals surface area contributed by atoms with Crippen molar-refractivity contribution in [2.24, 2.45) is 0 Å². The van der Waals surface area contributed by atoms with Crippen molar-refractivity contribution in [2.45, 2.75) is 20.3 Å². The lowest BCUT2D eigenvalue weighted by atomic mass is 9.95. The van der Waals surface area contributed by atoms with Crippen LogP contribution in [-0.4, -0.2) is 32.5 Å². The fraction of sp³-hybridized carbons (Fsp3) is 0.160. The van der Waals surface area contributed by atoms with Gasteiger partial charge in [-0.15, -0.1) is 5.10 Å². The predicted molar refractivity (Wildman–Crippen MR) is 131 cm³/mol. The number of hydrogen-bond donors (Lipinski definition) is 2. The summed E-state index contributed by atoms with van der Waals surface area (Å²) in [5, 5.41) is 21.5. The fourth-order valence-electron chi connectivity index (χ4n) is 3.53. The van der Waals surface area contributed by atoms with Crippen molar-refractivity contribution in [1.82, 2.24) is 15.0 Å². The molecule has 1 heterocycles. The lowest BCUT2D eigenvalue weighted by Gasteiger charge is -2.13. The Balaban J connectivity index is 1.60. The summed E-state index contributed by atoms with van der Waals surface area (Å²) in [5.74, 6) is -0.0661. The average molecular weight is 481 g/mol. The Morgan fingerprint density at radius 1 is 0.939 bits per heavy atom. The van der Waals surface area contributed by atoms with Gasteiger partial charge in [-0.25, -0.2) is 4.68 Å². The molecule has 1 aromatic heterocycles. The van der Waals surface area contributed by atoms with Gasteiger partial charge in [0.1, 0.15) is 0 Å². The van der Waals surface area contributed by atoms with Gasteiger partial charge >= 0.3 is 0 Å². The summed E-state index contributed by atoms with van der Waals surface area (Å²) in [6.07, 6.45) is 2.18. The molecular formula is C25H22Cl2N4O2. The summed E-state index contributed by atoms with van der Waals surface area (Å²) in [7, 11) is 0. The summed E-state index contributed by atoms with van der Waals surface area (Å²) in [6, 6.07) is 16.5. The Bertz CT molecular complexity index is 1330. The highest BCUT2D eigenvalue weighted by molar-refractivity contribution is 6.42. The van der Waals surface area contributed by atoms with Crippen molar-refractivity contribution in [3.8, 4) is 5.69 Å². The number of rotatable bonds is 7. The first-order valence-corrected chi connectivity index (χ1v) is 11.1. The molecular weight excluding hydrogens is 459 g/mol. The Kier molecular flexibility index (Phi) is 6.79. The van der Waals surface area contributed by atoms with Crippen LogP contribution < -0.4 is 5.32 Å². The third-order valence-electron chi connectivity index (χ3n) is 5.32. The van der Waals surface area contributed by atoms with Crippen LogP contribution in [0.1, 0.15) is 32.7 Å². The highest BCUT2D eigenvalue weighted by atomic mass is 35.5. The molecule has 168 valence electrons. The number of anilines is 2. The van der Waals surface area contributed by atoms with Crippen LogP contribution in [0.5, 0.6) is 0 Å². The quantitative estimate of drug-likeness (QED) is 0.331. The van der Waals surface area contributed by atoms with E-state index >= 15 is 0 Å². The van der Waals surface area contributed by atoms with E-state index in [1.807, 2.05) is 56.3 Å². The van der Waals surface area contributed by atoms with Crippen molar-refractivity contribution in [2.75, 3.05) is 11.9 Å². The van der Waals surface area contributed by atoms with E-state index in [2.05, 4.69) is 15.6 Å². The predicted octanol–water partition coefficient (Wildman–Crippen LogP) is 5.70. The molecule has 0 saturated carbocycles. The van der Waals surface area contributed by atoms with Crippen LogP contribution >= 0.6 is 23.2 Å². The highest BCUT2D eigenvalue weighted by Crippen LogP contribution is 2.28. The standard InChI is InChI=1S/C25H22Cl2N4O2/c1-15-3-6-20(31-14-19(9-10-32)29-30-31)13-22(15)25(33)21-7-4-17(11-16(21)2)28-18-5-8-23(26)24(27)12-18/h3-8,11-14,28,32H,9-10H2,1-2H3. The van der Waals surface area contributed by atoms with Gasteiger partial charge in [0.05, 0.1) is 27.6 Å². The van der Waals surface area contributed by atoms with Gasteiger partial charge in [0, 0.05) is 35.5 Å². The minimum absolute atomic E-state index is 0.00547. The molecule has 0 bridgehead atoms. The van der Waals surface area contributed by atoms with Gasteiger partial charge < -0.3 is 10.4 Å². The first-order valence-electron chi connectivity index (χ1n) is 10.4. The number of aliphatic hydroxyl groups is 1. The smallest absolute Gasteiger partial charge is 0.193 e. The molecule has 4 rings (SSSR count). The van der Waals surface area contributed by atoms with Crippen molar-refractivity contribution in [3.05, 3.63) is 98.8 Å². The highest BCUT2D eigenvalue weighted by Gasteiger charge is 2.16. The molecule has 0 unspecified atom stereocenters. The third-order valence-corrected chi connectivity index (χ3v) is 6.06. The number of nitrogens with one attached hydrogen (secondary N) is 1. The molecule has 8 heteroatoms. The minimum Gasteiger partial charge on any atom is -0.396 e. The molecule has 0 fully saturated rings. The molecule has 0 spiro atoms. The van der Waals surface area contributed by atoms with Crippen LogP contribution in [0, 0.1) is 13.8 Å². The van der Waals surface area contributed by atoms with Crippen LogP contribution in [-0.2, 0) is 6.42 Å². The molecule has 33 heavy (non-hydrogen) atoms. The van der Waals surface area contributed by atoms with Gasteiger partial charge in [-0.1, -0.05) is 34.5 Å². The number of aliphatic hydroxyl groups excluding tert-OH is 1. The summed E-state index contributed by atoms with van der Waals surface area (Å²) in [4.78, 5) is 13.4. The van der Waals surface area contributed by atoms with E-state index in [0.717, 1.165) is 28.2 Å². The first kappa shape index (κ1) is 23.0. The van der Waals surface area contributed by atoms with Gasteiger partial charge in [0.15, 0.2) is 5.78 Å². The molecule has 0 saturated heterocycles. The van der Waals surface area contributed by atoms with E-state index in [0.29, 0.717) is 33.3 Å². The van der Waals surface area contributed by atoms with Crippen LogP contribution in [0.3, 0.4) is 0 Å². The number of benzene rings is 3. The number of nitrogens with zero attached hydrogens (tertiary/aromatic N) is 3. The first-order chi connectivity index (χ1) is 15.9. The summed E-state index contributed by atoms with van der Waals surface area (Å²) in [5.41, 5.74) is 6.00. The second-order valence-electron chi connectivity index (χ2n) is 7.74. The maximum absolute atomic E-state index is 13.4. The van der Waals surface area contributed by atoms with Crippen LogP contribution in [0.2, 0.25) is 10.0 Å². The van der Waals surface area contributed by atoms with E-state index in [1.54, 1.807) is 23.0 Å². The van der Waals surface area contributed by atoms with Gasteiger partial charge in [-0.3, -0.25) is 4.79 Å². The largest absolute Gasteiger partial charge is 0.396 e. The Morgan fingerprint density at radius 2 is 1.70 bits per heavy atom. The van der Waals surface area contributed by atoms with E-state index in [1.165, 1.54) is 0 Å². The molecule has 0 radical (unpaired) electrons. The zero-order valence-corrected chi connectivity index (χ0v) is 19.7. The molecule has 0 aliphatic heterocycles. The average Bonchev–Trinajstić information content (AvgIpc) is 3.25. The van der Waals surface area contributed by atoms with Crippen molar-refractivity contribution < 1.29 is 9.90 Å². The van der Waals surface area contributed by atoms with Gasteiger partial charge in [-0.2, -0.15) is 0 Å². The monoisotopic (exact) mass is 480 g/mol. The maximum Gasteiger partial charge on any atom is 0.193 e. The van der Waals surface area contributed by atoms with Crippen molar-refractivity contribution in [3.63, 3.8) is 0 Å². The zero-order chi connectivity index (χ0) is 23.5. The molecule has 3 aromatic carbocycles. The van der Waals surface area contributed by atoms with Crippen LogP contribution in [0.25, 0.3) is 5.69 Å². The molecule has 0 aliphatic rings. The van der Waals surface area contributed by atoms with E-state index < -0.39 is 0 Å². The second kappa shape index (κ2) is 9.75.